The van der Waals surface area contributed by atoms with Gasteiger partial charge >= 0.3 is 0 Å². The Morgan fingerprint density at radius 3 is 2.75 bits per heavy atom. The third-order valence-corrected chi connectivity index (χ3v) is 2.70. The maximum absolute atomic E-state index is 5.63. The molecule has 0 saturated heterocycles. The van der Waals surface area contributed by atoms with Crippen molar-refractivity contribution >= 4 is 21.6 Å². The van der Waals surface area contributed by atoms with Crippen LogP contribution in [0.2, 0.25) is 0 Å². The molecule has 4 heteroatoms. The molecule has 0 aliphatic heterocycles. The summed E-state index contributed by atoms with van der Waals surface area (Å²) >= 11 is 3.40. The van der Waals surface area contributed by atoms with E-state index in [0.717, 1.165) is 35.4 Å². The van der Waals surface area contributed by atoms with Crippen LogP contribution in [0.3, 0.4) is 0 Å². The summed E-state index contributed by atoms with van der Waals surface area (Å²) in [6, 6.07) is 5.50. The summed E-state index contributed by atoms with van der Waals surface area (Å²) in [5.41, 5.74) is 6.35. The van der Waals surface area contributed by atoms with Gasteiger partial charge < -0.3 is 15.2 Å². The SMILES string of the molecule is CCCCOCCOc1ccc(N)cc1Br. The standard InChI is InChI=1S/C12H18BrNO2/c1-2-3-6-15-7-8-16-12-5-4-10(14)9-11(12)13/h4-5,9H,2-3,6-8,14H2,1H3. The number of anilines is 1. The van der Waals surface area contributed by atoms with Gasteiger partial charge in [0.15, 0.2) is 0 Å². The Balaban J connectivity index is 2.21. The van der Waals surface area contributed by atoms with Crippen molar-refractivity contribution in [2.45, 2.75) is 19.8 Å². The van der Waals surface area contributed by atoms with Gasteiger partial charge in [-0.3, -0.25) is 0 Å². The molecular weight excluding hydrogens is 270 g/mol. The second-order valence-electron chi connectivity index (χ2n) is 3.50. The van der Waals surface area contributed by atoms with Gasteiger partial charge in [0.25, 0.3) is 0 Å². The summed E-state index contributed by atoms with van der Waals surface area (Å²) in [5.74, 6) is 0.799. The van der Waals surface area contributed by atoms with E-state index in [1.807, 2.05) is 18.2 Å². The molecule has 0 atom stereocenters. The lowest BCUT2D eigenvalue weighted by Gasteiger charge is -2.09. The first-order chi connectivity index (χ1) is 7.74. The molecule has 0 aliphatic rings. The Kier molecular flexibility index (Phi) is 6.26. The predicted molar refractivity (Wildman–Crippen MR) is 69.8 cm³/mol. The van der Waals surface area contributed by atoms with Crippen molar-refractivity contribution in [3.8, 4) is 5.75 Å². The van der Waals surface area contributed by atoms with Crippen LogP contribution in [0.5, 0.6) is 5.75 Å². The number of hydrogen-bond donors (Lipinski definition) is 1. The summed E-state index contributed by atoms with van der Waals surface area (Å²) in [6.07, 6.45) is 2.26. The van der Waals surface area contributed by atoms with Crippen molar-refractivity contribution in [3.05, 3.63) is 22.7 Å². The van der Waals surface area contributed by atoms with Crippen molar-refractivity contribution < 1.29 is 9.47 Å². The van der Waals surface area contributed by atoms with E-state index in [4.69, 9.17) is 15.2 Å². The molecule has 1 aromatic rings. The van der Waals surface area contributed by atoms with E-state index in [0.29, 0.717) is 13.2 Å². The first-order valence-electron chi connectivity index (χ1n) is 5.49. The van der Waals surface area contributed by atoms with Gasteiger partial charge in [0, 0.05) is 12.3 Å². The number of rotatable bonds is 7. The Morgan fingerprint density at radius 1 is 1.25 bits per heavy atom. The van der Waals surface area contributed by atoms with E-state index >= 15 is 0 Å². The minimum atomic E-state index is 0.562. The van der Waals surface area contributed by atoms with Gasteiger partial charge in [0.05, 0.1) is 11.1 Å². The lowest BCUT2D eigenvalue weighted by Crippen LogP contribution is -2.07. The molecule has 90 valence electrons. The van der Waals surface area contributed by atoms with Crippen LogP contribution in [0.15, 0.2) is 22.7 Å². The van der Waals surface area contributed by atoms with Crippen molar-refractivity contribution in [1.29, 1.82) is 0 Å². The number of ether oxygens (including phenoxy) is 2. The van der Waals surface area contributed by atoms with E-state index in [2.05, 4.69) is 22.9 Å². The van der Waals surface area contributed by atoms with Gasteiger partial charge in [0.1, 0.15) is 12.4 Å². The first-order valence-corrected chi connectivity index (χ1v) is 6.29. The molecule has 16 heavy (non-hydrogen) atoms. The molecule has 1 aromatic carbocycles. The van der Waals surface area contributed by atoms with E-state index in [1.54, 1.807) is 0 Å². The summed E-state index contributed by atoms with van der Waals surface area (Å²) in [6.45, 7) is 4.14. The molecular formula is C12H18BrNO2. The summed E-state index contributed by atoms with van der Waals surface area (Å²) in [5, 5.41) is 0. The predicted octanol–water partition coefficient (Wildman–Crippen LogP) is 3.23. The average Bonchev–Trinajstić information content (AvgIpc) is 2.26. The number of halogens is 1. The van der Waals surface area contributed by atoms with E-state index in [9.17, 15) is 0 Å². The highest BCUT2D eigenvalue weighted by molar-refractivity contribution is 9.10. The van der Waals surface area contributed by atoms with Crippen LogP contribution < -0.4 is 10.5 Å². The largest absolute Gasteiger partial charge is 0.490 e. The van der Waals surface area contributed by atoms with E-state index in [-0.39, 0.29) is 0 Å². The molecule has 0 radical (unpaired) electrons. The summed E-state index contributed by atoms with van der Waals surface area (Å²) in [4.78, 5) is 0. The molecule has 1 rings (SSSR count). The number of hydrogen-bond acceptors (Lipinski definition) is 3. The van der Waals surface area contributed by atoms with E-state index in [1.165, 1.54) is 0 Å². The zero-order chi connectivity index (χ0) is 11.8. The van der Waals surface area contributed by atoms with Crippen LogP contribution in [-0.2, 0) is 4.74 Å². The first kappa shape index (κ1) is 13.3. The maximum atomic E-state index is 5.63. The van der Waals surface area contributed by atoms with Crippen molar-refractivity contribution in [3.63, 3.8) is 0 Å². The fraction of sp³-hybridized carbons (Fsp3) is 0.500. The molecule has 0 aromatic heterocycles. The Bertz CT molecular complexity index is 318. The average molecular weight is 288 g/mol. The normalized spacial score (nSPS) is 10.4. The topological polar surface area (TPSA) is 44.5 Å². The maximum Gasteiger partial charge on any atom is 0.133 e. The van der Waals surface area contributed by atoms with Crippen LogP contribution in [0.4, 0.5) is 5.69 Å². The Labute approximate surface area is 105 Å². The highest BCUT2D eigenvalue weighted by atomic mass is 79.9. The lowest BCUT2D eigenvalue weighted by molar-refractivity contribution is 0.0978. The molecule has 0 bridgehead atoms. The monoisotopic (exact) mass is 287 g/mol. The highest BCUT2D eigenvalue weighted by Crippen LogP contribution is 2.26. The summed E-state index contributed by atoms with van der Waals surface area (Å²) in [7, 11) is 0. The minimum absolute atomic E-state index is 0.562. The smallest absolute Gasteiger partial charge is 0.133 e. The zero-order valence-corrected chi connectivity index (χ0v) is 11.1. The Morgan fingerprint density at radius 2 is 2.06 bits per heavy atom. The fourth-order valence-electron chi connectivity index (χ4n) is 1.19. The lowest BCUT2D eigenvalue weighted by atomic mass is 10.3. The van der Waals surface area contributed by atoms with Crippen LogP contribution in [0.1, 0.15) is 19.8 Å². The number of nitrogen functional groups attached to an aromatic ring is 1. The van der Waals surface area contributed by atoms with Crippen molar-refractivity contribution in [1.82, 2.24) is 0 Å². The van der Waals surface area contributed by atoms with Gasteiger partial charge in [-0.1, -0.05) is 13.3 Å². The molecule has 0 fully saturated rings. The van der Waals surface area contributed by atoms with E-state index < -0.39 is 0 Å². The van der Waals surface area contributed by atoms with Crippen LogP contribution in [0, 0.1) is 0 Å². The molecule has 0 heterocycles. The quantitative estimate of drug-likeness (QED) is 0.619. The molecule has 0 saturated carbocycles. The van der Waals surface area contributed by atoms with Gasteiger partial charge in [-0.15, -0.1) is 0 Å². The van der Waals surface area contributed by atoms with Gasteiger partial charge in [-0.05, 0) is 40.5 Å². The van der Waals surface area contributed by atoms with Crippen LogP contribution >= 0.6 is 15.9 Å². The number of unbranched alkanes of at least 4 members (excludes halogenated alkanes) is 1. The second kappa shape index (κ2) is 7.52. The molecule has 0 spiro atoms. The van der Waals surface area contributed by atoms with Crippen molar-refractivity contribution in [2.24, 2.45) is 0 Å². The highest BCUT2D eigenvalue weighted by Gasteiger charge is 2.00. The van der Waals surface area contributed by atoms with Crippen LogP contribution in [-0.4, -0.2) is 19.8 Å². The molecule has 2 N–H and O–H groups in total. The Hall–Kier alpha value is -0.740. The van der Waals surface area contributed by atoms with Gasteiger partial charge in [-0.25, -0.2) is 0 Å². The third kappa shape index (κ3) is 4.86. The third-order valence-electron chi connectivity index (χ3n) is 2.08. The van der Waals surface area contributed by atoms with Crippen LogP contribution in [0.25, 0.3) is 0 Å². The fourth-order valence-corrected chi connectivity index (χ4v) is 1.70. The molecule has 3 nitrogen and oxygen atoms in total. The second-order valence-corrected chi connectivity index (χ2v) is 4.36. The summed E-state index contributed by atoms with van der Waals surface area (Å²) < 4.78 is 11.8. The molecule has 0 amide bonds. The minimum Gasteiger partial charge on any atom is -0.490 e. The number of nitrogens with two attached hydrogens (primary N) is 1. The zero-order valence-electron chi connectivity index (χ0n) is 9.54. The number of benzene rings is 1. The molecule has 0 unspecified atom stereocenters. The van der Waals surface area contributed by atoms with Gasteiger partial charge in [0.2, 0.25) is 0 Å². The van der Waals surface area contributed by atoms with Gasteiger partial charge in [-0.2, -0.15) is 0 Å². The molecule has 0 aliphatic carbocycles. The van der Waals surface area contributed by atoms with Crippen molar-refractivity contribution in [2.75, 3.05) is 25.6 Å².